The summed E-state index contributed by atoms with van der Waals surface area (Å²) in [5.74, 6) is 0. The summed E-state index contributed by atoms with van der Waals surface area (Å²) in [6.07, 6.45) is 3.68. The molecule has 2 aromatic rings. The van der Waals surface area contributed by atoms with Gasteiger partial charge in [0.1, 0.15) is 0 Å². The number of nitrogens with zero attached hydrogens (tertiary/aromatic N) is 2. The molecule has 0 aliphatic heterocycles. The molecule has 0 saturated heterocycles. The summed E-state index contributed by atoms with van der Waals surface area (Å²) in [6.45, 7) is 1.97. The lowest BCUT2D eigenvalue weighted by atomic mass is 9.80. The Balaban J connectivity index is 2.31. The Kier molecular flexibility index (Phi) is 2.57. The molecule has 1 aromatic carbocycles. The van der Waals surface area contributed by atoms with Gasteiger partial charge in [0.05, 0.1) is 11.9 Å². The maximum absolute atomic E-state index is 8.92. The van der Waals surface area contributed by atoms with E-state index >= 15 is 0 Å². The zero-order valence-corrected chi connectivity index (χ0v) is 8.33. The van der Waals surface area contributed by atoms with Gasteiger partial charge in [0.2, 0.25) is 0 Å². The minimum absolute atomic E-state index is 0.475. The number of hydrogen-bond acceptors (Lipinski definition) is 3. The fourth-order valence-corrected chi connectivity index (χ4v) is 1.35. The lowest BCUT2D eigenvalue weighted by Gasteiger charge is -2.03. The average molecular weight is 202 g/mol. The van der Waals surface area contributed by atoms with Crippen molar-refractivity contribution in [2.24, 2.45) is 0 Å². The molecule has 4 nitrogen and oxygen atoms in total. The molecule has 15 heavy (non-hydrogen) atoms. The Morgan fingerprint density at radius 1 is 1.20 bits per heavy atom. The van der Waals surface area contributed by atoms with Crippen molar-refractivity contribution in [1.82, 2.24) is 9.78 Å². The van der Waals surface area contributed by atoms with Crippen molar-refractivity contribution in [2.75, 3.05) is 0 Å². The smallest absolute Gasteiger partial charge is 0.423 e. The molecule has 76 valence electrons. The molecule has 0 saturated carbocycles. The van der Waals surface area contributed by atoms with E-state index in [-0.39, 0.29) is 0 Å². The SMILES string of the molecule is Cc1cnn(-c2ccc(B(O)O)cc2)c1. The predicted molar refractivity (Wildman–Crippen MR) is 58.1 cm³/mol. The molecule has 1 heterocycles. The van der Waals surface area contributed by atoms with Gasteiger partial charge in [-0.3, -0.25) is 0 Å². The lowest BCUT2D eigenvalue weighted by molar-refractivity contribution is 0.426. The third-order valence-electron chi connectivity index (χ3n) is 2.17. The van der Waals surface area contributed by atoms with E-state index in [4.69, 9.17) is 10.0 Å². The van der Waals surface area contributed by atoms with Gasteiger partial charge >= 0.3 is 7.12 Å². The maximum Gasteiger partial charge on any atom is 0.488 e. The van der Waals surface area contributed by atoms with Gasteiger partial charge in [0.25, 0.3) is 0 Å². The second-order valence-electron chi connectivity index (χ2n) is 3.43. The molecule has 2 rings (SSSR count). The van der Waals surface area contributed by atoms with Crippen LogP contribution in [0.15, 0.2) is 36.7 Å². The van der Waals surface area contributed by atoms with Crippen molar-refractivity contribution in [3.8, 4) is 5.69 Å². The van der Waals surface area contributed by atoms with Crippen molar-refractivity contribution >= 4 is 12.6 Å². The Bertz CT molecular complexity index is 451. The van der Waals surface area contributed by atoms with Crippen molar-refractivity contribution in [2.45, 2.75) is 6.92 Å². The summed E-state index contributed by atoms with van der Waals surface area (Å²) in [5.41, 5.74) is 2.45. The molecule has 0 bridgehead atoms. The Labute approximate surface area is 87.9 Å². The third kappa shape index (κ3) is 2.08. The summed E-state index contributed by atoms with van der Waals surface area (Å²) in [6, 6.07) is 6.91. The van der Waals surface area contributed by atoms with Crippen LogP contribution in [0.25, 0.3) is 5.69 Å². The first-order chi connectivity index (χ1) is 7.16. The first-order valence-electron chi connectivity index (χ1n) is 4.64. The molecule has 0 radical (unpaired) electrons. The van der Waals surface area contributed by atoms with Crippen molar-refractivity contribution in [1.29, 1.82) is 0 Å². The highest BCUT2D eigenvalue weighted by Gasteiger charge is 2.09. The standard InChI is InChI=1S/C10H11BN2O2/c1-8-6-12-13(7-8)10-4-2-9(3-5-10)11(14)15/h2-7,14-15H,1H3. The quantitative estimate of drug-likeness (QED) is 0.666. The second-order valence-corrected chi connectivity index (χ2v) is 3.43. The van der Waals surface area contributed by atoms with Gasteiger partial charge < -0.3 is 10.0 Å². The molecule has 0 unspecified atom stereocenters. The maximum atomic E-state index is 8.92. The summed E-state index contributed by atoms with van der Waals surface area (Å²) in [7, 11) is -1.42. The average Bonchev–Trinajstić information content (AvgIpc) is 2.65. The Morgan fingerprint density at radius 2 is 1.87 bits per heavy atom. The minimum atomic E-state index is -1.42. The van der Waals surface area contributed by atoms with Crippen LogP contribution in [0, 0.1) is 6.92 Å². The summed E-state index contributed by atoms with van der Waals surface area (Å²) >= 11 is 0. The largest absolute Gasteiger partial charge is 0.488 e. The van der Waals surface area contributed by atoms with Gasteiger partial charge in [0, 0.05) is 6.20 Å². The molecular weight excluding hydrogens is 191 g/mol. The predicted octanol–water partition coefficient (Wildman–Crippen LogP) is -0.139. The highest BCUT2D eigenvalue weighted by atomic mass is 16.4. The molecular formula is C10H11BN2O2. The topological polar surface area (TPSA) is 58.3 Å². The summed E-state index contributed by atoms with van der Waals surface area (Å²) in [4.78, 5) is 0. The van der Waals surface area contributed by atoms with Crippen molar-refractivity contribution in [3.63, 3.8) is 0 Å². The van der Waals surface area contributed by atoms with Gasteiger partial charge in [0.15, 0.2) is 0 Å². The molecule has 2 N–H and O–H groups in total. The van der Waals surface area contributed by atoms with E-state index in [0.717, 1.165) is 11.3 Å². The molecule has 1 aromatic heterocycles. The van der Waals surface area contributed by atoms with Crippen LogP contribution in [0.3, 0.4) is 0 Å². The zero-order chi connectivity index (χ0) is 10.8. The van der Waals surface area contributed by atoms with Crippen LogP contribution < -0.4 is 5.46 Å². The van der Waals surface area contributed by atoms with Crippen LogP contribution in [0.4, 0.5) is 0 Å². The van der Waals surface area contributed by atoms with E-state index in [1.165, 1.54) is 0 Å². The number of aromatic nitrogens is 2. The van der Waals surface area contributed by atoms with Crippen LogP contribution in [-0.2, 0) is 0 Å². The molecule has 0 amide bonds. The number of hydrogen-bond donors (Lipinski definition) is 2. The molecule has 0 spiro atoms. The van der Waals surface area contributed by atoms with Gasteiger partial charge in [-0.2, -0.15) is 5.10 Å². The van der Waals surface area contributed by atoms with E-state index in [1.54, 1.807) is 35.1 Å². The van der Waals surface area contributed by atoms with Gasteiger partial charge in [-0.05, 0) is 30.1 Å². The van der Waals surface area contributed by atoms with Crippen LogP contribution in [0.1, 0.15) is 5.56 Å². The van der Waals surface area contributed by atoms with Gasteiger partial charge in [-0.15, -0.1) is 0 Å². The van der Waals surface area contributed by atoms with Crippen molar-refractivity contribution < 1.29 is 10.0 Å². The van der Waals surface area contributed by atoms with E-state index in [2.05, 4.69) is 5.10 Å². The van der Waals surface area contributed by atoms with Crippen LogP contribution >= 0.6 is 0 Å². The highest BCUT2D eigenvalue weighted by Crippen LogP contribution is 2.05. The molecule has 0 aliphatic rings. The highest BCUT2D eigenvalue weighted by molar-refractivity contribution is 6.58. The Morgan fingerprint density at radius 3 is 2.33 bits per heavy atom. The van der Waals surface area contributed by atoms with Crippen LogP contribution in [-0.4, -0.2) is 26.9 Å². The Hall–Kier alpha value is -1.59. The van der Waals surface area contributed by atoms with E-state index in [0.29, 0.717) is 5.46 Å². The first kappa shape index (κ1) is 9.95. The normalized spacial score (nSPS) is 10.3. The number of aryl methyl sites for hydroxylation is 1. The molecule has 0 atom stereocenters. The summed E-state index contributed by atoms with van der Waals surface area (Å²) < 4.78 is 1.74. The van der Waals surface area contributed by atoms with Crippen molar-refractivity contribution in [3.05, 3.63) is 42.2 Å². The first-order valence-corrected chi connectivity index (χ1v) is 4.64. The monoisotopic (exact) mass is 202 g/mol. The third-order valence-corrected chi connectivity index (χ3v) is 2.17. The second kappa shape index (κ2) is 3.88. The van der Waals surface area contributed by atoms with Gasteiger partial charge in [-0.25, -0.2) is 4.68 Å². The van der Waals surface area contributed by atoms with E-state index in [1.807, 2.05) is 13.1 Å². The van der Waals surface area contributed by atoms with E-state index < -0.39 is 7.12 Å². The molecule has 0 fully saturated rings. The fraction of sp³-hybridized carbons (Fsp3) is 0.100. The minimum Gasteiger partial charge on any atom is -0.423 e. The molecule has 0 aliphatic carbocycles. The van der Waals surface area contributed by atoms with Crippen LogP contribution in [0.5, 0.6) is 0 Å². The van der Waals surface area contributed by atoms with Gasteiger partial charge in [-0.1, -0.05) is 12.1 Å². The number of rotatable bonds is 2. The number of benzene rings is 1. The fourth-order valence-electron chi connectivity index (χ4n) is 1.35. The van der Waals surface area contributed by atoms with E-state index in [9.17, 15) is 0 Å². The lowest BCUT2D eigenvalue weighted by Crippen LogP contribution is -2.29. The summed E-state index contributed by atoms with van der Waals surface area (Å²) in [5, 5.41) is 22.0. The van der Waals surface area contributed by atoms with Crippen LogP contribution in [0.2, 0.25) is 0 Å². The molecule has 5 heteroatoms. The zero-order valence-electron chi connectivity index (χ0n) is 8.33.